The average Bonchev–Trinajstić information content (AvgIpc) is 3.00. The zero-order valence-corrected chi connectivity index (χ0v) is 11.4. The third-order valence-electron chi connectivity index (χ3n) is 4.01. The van der Waals surface area contributed by atoms with Gasteiger partial charge < -0.3 is 19.8 Å². The van der Waals surface area contributed by atoms with Crippen LogP contribution in [0, 0.1) is 0 Å². The molecular weight excluding hydrogens is 246 g/mol. The van der Waals surface area contributed by atoms with Gasteiger partial charge in [-0.25, -0.2) is 0 Å². The largest absolute Gasteiger partial charge is 0.392 e. The molecule has 2 aliphatic heterocycles. The predicted molar refractivity (Wildman–Crippen MR) is 68.5 cm³/mol. The maximum absolute atomic E-state index is 9.53. The lowest BCUT2D eigenvalue weighted by atomic mass is 10.1. The second-order valence-corrected chi connectivity index (χ2v) is 5.60. The Morgan fingerprint density at radius 2 is 2.21 bits per heavy atom. The predicted octanol–water partition coefficient (Wildman–Crippen LogP) is -0.617. The second-order valence-electron chi connectivity index (χ2n) is 5.60. The summed E-state index contributed by atoms with van der Waals surface area (Å²) in [5.74, 6) is 1.33. The highest BCUT2D eigenvalue weighted by Crippen LogP contribution is 2.25. The van der Waals surface area contributed by atoms with E-state index in [1.807, 2.05) is 0 Å². The number of rotatable bonds is 2. The van der Waals surface area contributed by atoms with Crippen LogP contribution in [0.25, 0.3) is 0 Å². The van der Waals surface area contributed by atoms with Gasteiger partial charge in [-0.2, -0.15) is 4.98 Å². The van der Waals surface area contributed by atoms with E-state index in [1.54, 1.807) is 0 Å². The van der Waals surface area contributed by atoms with Crippen molar-refractivity contribution in [1.29, 1.82) is 0 Å². The lowest BCUT2D eigenvalue weighted by Crippen LogP contribution is -2.45. The van der Waals surface area contributed by atoms with Gasteiger partial charge in [-0.3, -0.25) is 4.90 Å². The van der Waals surface area contributed by atoms with Crippen LogP contribution >= 0.6 is 0 Å². The minimum absolute atomic E-state index is 0.0112. The summed E-state index contributed by atoms with van der Waals surface area (Å²) in [6, 6.07) is 0.172. The van der Waals surface area contributed by atoms with Gasteiger partial charge in [0.15, 0.2) is 5.82 Å². The minimum atomic E-state index is -0.316. The van der Waals surface area contributed by atoms with Crippen molar-refractivity contribution in [2.24, 2.45) is 0 Å². The number of aliphatic hydroxyl groups is 1. The Morgan fingerprint density at radius 3 is 2.95 bits per heavy atom. The Labute approximate surface area is 112 Å². The molecule has 3 atom stereocenters. The van der Waals surface area contributed by atoms with Crippen molar-refractivity contribution in [3.63, 3.8) is 0 Å². The fourth-order valence-electron chi connectivity index (χ4n) is 2.72. The molecule has 1 aromatic heterocycles. The third kappa shape index (κ3) is 2.64. The number of aromatic nitrogens is 2. The van der Waals surface area contributed by atoms with Crippen LogP contribution in [0.5, 0.6) is 0 Å². The normalized spacial score (nSPS) is 33.9. The van der Waals surface area contributed by atoms with Crippen LogP contribution in [-0.2, 0) is 0 Å². The standard InChI is InChI=1S/C12H21N5O2/c1-16-3-4-17(2)10(7-16)11-14-12(19-15-11)9-5-8(18)6-13-9/h8-10,13,18H,3-7H2,1-2H3/t8-,9-,10?/m1/s1. The fourth-order valence-corrected chi connectivity index (χ4v) is 2.72. The van der Waals surface area contributed by atoms with Crippen LogP contribution in [0.3, 0.4) is 0 Å². The molecule has 0 spiro atoms. The molecule has 3 rings (SSSR count). The molecule has 7 nitrogen and oxygen atoms in total. The lowest BCUT2D eigenvalue weighted by molar-refractivity contribution is 0.108. The van der Waals surface area contributed by atoms with E-state index in [0.717, 1.165) is 25.5 Å². The summed E-state index contributed by atoms with van der Waals surface area (Å²) in [6.07, 6.45) is 0.325. The molecule has 7 heteroatoms. The molecule has 0 bridgehead atoms. The van der Waals surface area contributed by atoms with Crippen LogP contribution in [0.2, 0.25) is 0 Å². The molecule has 2 aliphatic rings. The summed E-state index contributed by atoms with van der Waals surface area (Å²) >= 11 is 0. The Kier molecular flexibility index (Phi) is 3.53. The Bertz CT molecular complexity index is 438. The lowest BCUT2D eigenvalue weighted by Gasteiger charge is -2.35. The Hall–Kier alpha value is -1.02. The van der Waals surface area contributed by atoms with Crippen molar-refractivity contribution >= 4 is 0 Å². The zero-order valence-electron chi connectivity index (χ0n) is 11.4. The first-order valence-electron chi connectivity index (χ1n) is 6.77. The molecule has 2 saturated heterocycles. The van der Waals surface area contributed by atoms with Crippen molar-refractivity contribution in [1.82, 2.24) is 25.3 Å². The number of hydrogen-bond donors (Lipinski definition) is 2. The number of β-amino-alcohol motifs (C(OH)–C–C–N with tert-alkyl or cyclic N) is 1. The van der Waals surface area contributed by atoms with Gasteiger partial charge >= 0.3 is 0 Å². The first-order chi connectivity index (χ1) is 9.13. The number of piperazine rings is 1. The summed E-state index contributed by atoms with van der Waals surface area (Å²) in [5.41, 5.74) is 0. The Morgan fingerprint density at radius 1 is 1.37 bits per heavy atom. The van der Waals surface area contributed by atoms with Crippen LogP contribution in [-0.4, -0.2) is 71.4 Å². The van der Waals surface area contributed by atoms with Crippen LogP contribution < -0.4 is 5.32 Å². The number of likely N-dealkylation sites (N-methyl/N-ethyl adjacent to an activating group) is 2. The summed E-state index contributed by atoms with van der Waals surface area (Å²) in [7, 11) is 4.20. The number of nitrogens with one attached hydrogen (secondary N) is 1. The summed E-state index contributed by atoms with van der Waals surface area (Å²) in [4.78, 5) is 9.05. The maximum atomic E-state index is 9.53. The van der Waals surface area contributed by atoms with Crippen LogP contribution in [0.15, 0.2) is 4.52 Å². The molecule has 0 saturated carbocycles. The van der Waals surface area contributed by atoms with Gasteiger partial charge in [0.2, 0.25) is 5.89 Å². The molecule has 0 radical (unpaired) electrons. The van der Waals surface area contributed by atoms with Gasteiger partial charge in [-0.15, -0.1) is 0 Å². The van der Waals surface area contributed by atoms with Gasteiger partial charge in [0.05, 0.1) is 18.2 Å². The van der Waals surface area contributed by atoms with Crippen molar-refractivity contribution in [3.8, 4) is 0 Å². The minimum Gasteiger partial charge on any atom is -0.392 e. The van der Waals surface area contributed by atoms with E-state index in [4.69, 9.17) is 4.52 Å². The quantitative estimate of drug-likeness (QED) is 0.739. The Balaban J connectivity index is 1.73. The highest BCUT2D eigenvalue weighted by Gasteiger charge is 2.31. The average molecular weight is 267 g/mol. The van der Waals surface area contributed by atoms with Crippen molar-refractivity contribution in [2.75, 3.05) is 40.3 Å². The van der Waals surface area contributed by atoms with E-state index in [0.29, 0.717) is 18.9 Å². The van der Waals surface area contributed by atoms with Gasteiger partial charge in [0.1, 0.15) is 0 Å². The van der Waals surface area contributed by atoms with E-state index in [2.05, 4.69) is 39.4 Å². The topological polar surface area (TPSA) is 77.7 Å². The van der Waals surface area contributed by atoms with Crippen molar-refractivity contribution in [2.45, 2.75) is 24.6 Å². The van der Waals surface area contributed by atoms with Gasteiger partial charge in [0, 0.05) is 26.2 Å². The number of hydrogen-bond acceptors (Lipinski definition) is 7. The summed E-state index contributed by atoms with van der Waals surface area (Å²) < 4.78 is 5.35. The van der Waals surface area contributed by atoms with E-state index >= 15 is 0 Å². The monoisotopic (exact) mass is 267 g/mol. The zero-order chi connectivity index (χ0) is 13.4. The van der Waals surface area contributed by atoms with E-state index in [1.165, 1.54) is 0 Å². The van der Waals surface area contributed by atoms with Crippen LogP contribution in [0.1, 0.15) is 30.2 Å². The summed E-state index contributed by atoms with van der Waals surface area (Å²) in [5, 5.41) is 16.8. The highest BCUT2D eigenvalue weighted by molar-refractivity contribution is 5.02. The highest BCUT2D eigenvalue weighted by atomic mass is 16.5. The molecule has 1 aromatic rings. The van der Waals surface area contributed by atoms with Gasteiger partial charge in [-0.05, 0) is 20.5 Å². The molecule has 3 heterocycles. The smallest absolute Gasteiger partial charge is 0.243 e. The maximum Gasteiger partial charge on any atom is 0.243 e. The molecule has 0 amide bonds. The molecule has 106 valence electrons. The molecule has 2 N–H and O–H groups in total. The molecule has 2 fully saturated rings. The van der Waals surface area contributed by atoms with E-state index in [9.17, 15) is 5.11 Å². The molecule has 19 heavy (non-hydrogen) atoms. The molecule has 0 aromatic carbocycles. The molecular formula is C12H21N5O2. The first kappa shape index (κ1) is 13.0. The van der Waals surface area contributed by atoms with Crippen molar-refractivity contribution in [3.05, 3.63) is 11.7 Å². The van der Waals surface area contributed by atoms with Crippen molar-refractivity contribution < 1.29 is 9.63 Å². The first-order valence-corrected chi connectivity index (χ1v) is 6.77. The van der Waals surface area contributed by atoms with E-state index in [-0.39, 0.29) is 18.2 Å². The van der Waals surface area contributed by atoms with Crippen LogP contribution in [0.4, 0.5) is 0 Å². The molecule has 0 aliphatic carbocycles. The van der Waals surface area contributed by atoms with Gasteiger partial charge in [0.25, 0.3) is 0 Å². The summed E-state index contributed by atoms with van der Waals surface area (Å²) in [6.45, 7) is 3.57. The van der Waals surface area contributed by atoms with Gasteiger partial charge in [-0.1, -0.05) is 5.16 Å². The molecule has 1 unspecified atom stereocenters. The number of aliphatic hydroxyl groups excluding tert-OH is 1. The number of nitrogens with zero attached hydrogens (tertiary/aromatic N) is 4. The second kappa shape index (κ2) is 5.16. The third-order valence-corrected chi connectivity index (χ3v) is 4.01. The fraction of sp³-hybridized carbons (Fsp3) is 0.833. The van der Waals surface area contributed by atoms with E-state index < -0.39 is 0 Å². The SMILES string of the molecule is CN1CCN(C)C(c2noc([C@H]3C[C@@H](O)CN3)n2)C1.